The van der Waals surface area contributed by atoms with E-state index in [4.69, 9.17) is 10.00 Å². The quantitative estimate of drug-likeness (QED) is 0.827. The number of halogens is 2. The average Bonchev–Trinajstić information content (AvgIpc) is 2.46. The largest absolute Gasteiger partial charge is 0.492 e. The van der Waals surface area contributed by atoms with Gasteiger partial charge in [-0.1, -0.05) is 12.1 Å². The maximum atomic E-state index is 13.2. The van der Waals surface area contributed by atoms with Crippen LogP contribution in [0.5, 0.6) is 5.75 Å². The van der Waals surface area contributed by atoms with E-state index in [2.05, 4.69) is 5.32 Å². The highest BCUT2D eigenvalue weighted by molar-refractivity contribution is 5.85. The molecule has 0 spiro atoms. The van der Waals surface area contributed by atoms with Crippen molar-refractivity contribution >= 4 is 12.4 Å². The average molecular weight is 321 g/mol. The van der Waals surface area contributed by atoms with Crippen LogP contribution in [0.25, 0.3) is 0 Å². The summed E-state index contributed by atoms with van der Waals surface area (Å²) in [5, 5.41) is 12.0. The Hall–Kier alpha value is -2.09. The maximum absolute atomic E-state index is 13.2. The van der Waals surface area contributed by atoms with Crippen molar-refractivity contribution in [2.24, 2.45) is 0 Å². The molecular weight excluding hydrogens is 303 g/mol. The third-order valence-electron chi connectivity index (χ3n) is 2.95. The molecule has 0 fully saturated rings. The van der Waals surface area contributed by atoms with Crippen molar-refractivity contribution < 1.29 is 9.13 Å². The second kappa shape index (κ2) is 9.04. The Morgan fingerprint density at radius 1 is 1.23 bits per heavy atom. The van der Waals surface area contributed by atoms with Gasteiger partial charge in [0.2, 0.25) is 0 Å². The molecule has 0 aliphatic carbocycles. The molecule has 0 saturated carbocycles. The molecule has 0 aromatic heterocycles. The Bertz CT molecular complexity index is 655. The fourth-order valence-corrected chi connectivity index (χ4v) is 2.00. The molecule has 0 radical (unpaired) electrons. The molecule has 1 N–H and O–H groups in total. The lowest BCUT2D eigenvalue weighted by Gasteiger charge is -2.08. The van der Waals surface area contributed by atoms with Gasteiger partial charge < -0.3 is 10.1 Å². The van der Waals surface area contributed by atoms with E-state index in [0.717, 1.165) is 16.9 Å². The summed E-state index contributed by atoms with van der Waals surface area (Å²) in [6.45, 7) is 3.70. The molecule has 2 rings (SSSR count). The van der Waals surface area contributed by atoms with Gasteiger partial charge in [-0.3, -0.25) is 0 Å². The SMILES string of the molecule is Cc1cccc(OCCNCc2cc(F)cc(C#N)c2)c1.Cl. The van der Waals surface area contributed by atoms with E-state index in [0.29, 0.717) is 25.3 Å². The van der Waals surface area contributed by atoms with Crippen molar-refractivity contribution in [3.63, 3.8) is 0 Å². The van der Waals surface area contributed by atoms with Crippen LogP contribution in [-0.2, 0) is 6.54 Å². The van der Waals surface area contributed by atoms with E-state index in [1.165, 1.54) is 12.1 Å². The van der Waals surface area contributed by atoms with E-state index in [1.54, 1.807) is 6.07 Å². The van der Waals surface area contributed by atoms with Crippen molar-refractivity contribution in [2.75, 3.05) is 13.2 Å². The van der Waals surface area contributed by atoms with Gasteiger partial charge in [-0.05, 0) is 48.4 Å². The standard InChI is InChI=1S/C17H17FN2O.ClH/c1-13-3-2-4-17(7-13)21-6-5-20-12-15-8-14(11-19)9-16(18)10-15;/h2-4,7-10,20H,5-6,12H2,1H3;1H. The van der Waals surface area contributed by atoms with Gasteiger partial charge in [0.1, 0.15) is 18.2 Å². The maximum Gasteiger partial charge on any atom is 0.124 e. The fraction of sp³-hybridized carbons (Fsp3) is 0.235. The van der Waals surface area contributed by atoms with Crippen LogP contribution in [-0.4, -0.2) is 13.2 Å². The zero-order chi connectivity index (χ0) is 15.1. The predicted molar refractivity (Wildman–Crippen MR) is 86.7 cm³/mol. The van der Waals surface area contributed by atoms with E-state index < -0.39 is 0 Å². The lowest BCUT2D eigenvalue weighted by molar-refractivity contribution is 0.313. The molecule has 0 heterocycles. The Kier molecular flexibility index (Phi) is 7.38. The summed E-state index contributed by atoms with van der Waals surface area (Å²) < 4.78 is 18.9. The van der Waals surface area contributed by atoms with Gasteiger partial charge in [0.05, 0.1) is 11.6 Å². The third kappa shape index (κ3) is 5.72. The summed E-state index contributed by atoms with van der Waals surface area (Å²) >= 11 is 0. The molecule has 22 heavy (non-hydrogen) atoms. The van der Waals surface area contributed by atoms with Crippen LogP contribution in [0.2, 0.25) is 0 Å². The molecule has 0 unspecified atom stereocenters. The minimum Gasteiger partial charge on any atom is -0.492 e. The highest BCUT2D eigenvalue weighted by atomic mass is 35.5. The topological polar surface area (TPSA) is 45.0 Å². The monoisotopic (exact) mass is 320 g/mol. The third-order valence-corrected chi connectivity index (χ3v) is 2.95. The Morgan fingerprint density at radius 2 is 2.05 bits per heavy atom. The smallest absolute Gasteiger partial charge is 0.124 e. The van der Waals surface area contributed by atoms with Gasteiger partial charge in [0, 0.05) is 13.1 Å². The molecule has 0 aliphatic heterocycles. The van der Waals surface area contributed by atoms with Crippen LogP contribution >= 0.6 is 12.4 Å². The molecule has 2 aromatic rings. The van der Waals surface area contributed by atoms with Crippen LogP contribution in [0.4, 0.5) is 4.39 Å². The van der Waals surface area contributed by atoms with Crippen molar-refractivity contribution in [1.82, 2.24) is 5.32 Å². The molecule has 3 nitrogen and oxygen atoms in total. The number of nitrogens with one attached hydrogen (secondary N) is 1. The van der Waals surface area contributed by atoms with Crippen LogP contribution in [0.15, 0.2) is 42.5 Å². The van der Waals surface area contributed by atoms with Gasteiger partial charge >= 0.3 is 0 Å². The molecular formula is C17H18ClFN2O. The number of benzene rings is 2. The minimum atomic E-state index is -0.387. The summed E-state index contributed by atoms with van der Waals surface area (Å²) in [6, 6.07) is 14.1. The van der Waals surface area contributed by atoms with E-state index in [9.17, 15) is 4.39 Å². The molecule has 0 atom stereocenters. The zero-order valence-corrected chi connectivity index (χ0v) is 13.1. The summed E-state index contributed by atoms with van der Waals surface area (Å²) in [7, 11) is 0. The molecule has 116 valence electrons. The number of rotatable bonds is 6. The second-order valence-corrected chi connectivity index (χ2v) is 4.80. The van der Waals surface area contributed by atoms with Crippen LogP contribution in [0.3, 0.4) is 0 Å². The van der Waals surface area contributed by atoms with Crippen molar-refractivity contribution in [2.45, 2.75) is 13.5 Å². The number of aryl methyl sites for hydroxylation is 1. The second-order valence-electron chi connectivity index (χ2n) is 4.80. The fourth-order valence-electron chi connectivity index (χ4n) is 2.00. The van der Waals surface area contributed by atoms with E-state index in [-0.39, 0.29) is 18.2 Å². The lowest BCUT2D eigenvalue weighted by Crippen LogP contribution is -2.20. The summed E-state index contributed by atoms with van der Waals surface area (Å²) in [5.74, 6) is 0.455. The van der Waals surface area contributed by atoms with Crippen LogP contribution in [0.1, 0.15) is 16.7 Å². The lowest BCUT2D eigenvalue weighted by atomic mass is 10.1. The summed E-state index contributed by atoms with van der Waals surface area (Å²) in [6.07, 6.45) is 0. The van der Waals surface area contributed by atoms with Crippen LogP contribution < -0.4 is 10.1 Å². The zero-order valence-electron chi connectivity index (χ0n) is 12.3. The number of hydrogen-bond donors (Lipinski definition) is 1. The molecule has 0 saturated heterocycles. The first-order valence-corrected chi connectivity index (χ1v) is 6.77. The number of nitrogens with zero attached hydrogens (tertiary/aromatic N) is 1. The Morgan fingerprint density at radius 3 is 2.77 bits per heavy atom. The number of ether oxygens (including phenoxy) is 1. The Labute approximate surface area is 136 Å². The number of nitriles is 1. The molecule has 0 aliphatic rings. The molecule has 0 bridgehead atoms. The van der Waals surface area contributed by atoms with Gasteiger partial charge in [0.25, 0.3) is 0 Å². The predicted octanol–water partition coefficient (Wildman–Crippen LogP) is 3.60. The van der Waals surface area contributed by atoms with Gasteiger partial charge in [-0.15, -0.1) is 12.4 Å². The summed E-state index contributed by atoms with van der Waals surface area (Å²) in [4.78, 5) is 0. The van der Waals surface area contributed by atoms with Crippen molar-refractivity contribution in [3.05, 3.63) is 65.0 Å². The molecule has 0 amide bonds. The first kappa shape index (κ1) is 18.0. The van der Waals surface area contributed by atoms with Crippen LogP contribution in [0, 0.1) is 24.1 Å². The first-order chi connectivity index (χ1) is 10.2. The minimum absolute atomic E-state index is 0. The normalized spacial score (nSPS) is 9.68. The van der Waals surface area contributed by atoms with Gasteiger partial charge in [-0.2, -0.15) is 5.26 Å². The molecule has 5 heteroatoms. The van der Waals surface area contributed by atoms with Gasteiger partial charge in [-0.25, -0.2) is 4.39 Å². The van der Waals surface area contributed by atoms with E-state index in [1.807, 2.05) is 37.3 Å². The number of hydrogen-bond acceptors (Lipinski definition) is 3. The first-order valence-electron chi connectivity index (χ1n) is 6.77. The van der Waals surface area contributed by atoms with Gasteiger partial charge in [0.15, 0.2) is 0 Å². The Balaban J connectivity index is 0.00000242. The highest BCUT2D eigenvalue weighted by Crippen LogP contribution is 2.12. The van der Waals surface area contributed by atoms with Crippen molar-refractivity contribution in [3.8, 4) is 11.8 Å². The molecule has 2 aromatic carbocycles. The van der Waals surface area contributed by atoms with Crippen molar-refractivity contribution in [1.29, 1.82) is 5.26 Å². The summed E-state index contributed by atoms with van der Waals surface area (Å²) in [5.41, 5.74) is 2.24. The highest BCUT2D eigenvalue weighted by Gasteiger charge is 2.00. The van der Waals surface area contributed by atoms with E-state index >= 15 is 0 Å².